The van der Waals surface area contributed by atoms with Gasteiger partial charge in [-0.1, -0.05) is 24.3 Å². The highest BCUT2D eigenvalue weighted by atomic mass is 32.2. The minimum atomic E-state index is -4.49. The predicted octanol–water partition coefficient (Wildman–Crippen LogP) is 3.13. The van der Waals surface area contributed by atoms with Crippen molar-refractivity contribution in [1.29, 1.82) is 5.26 Å². The molecule has 2 atom stereocenters. The second-order valence-corrected chi connectivity index (χ2v) is 13.6. The highest BCUT2D eigenvalue weighted by Gasteiger charge is 2.64. The number of anilines is 1. The van der Waals surface area contributed by atoms with Crippen molar-refractivity contribution >= 4 is 27.7 Å². The van der Waals surface area contributed by atoms with Crippen LogP contribution in [0, 0.1) is 11.3 Å². The van der Waals surface area contributed by atoms with E-state index in [9.17, 15) is 23.6 Å². The van der Waals surface area contributed by atoms with Crippen molar-refractivity contribution in [2.24, 2.45) is 0 Å². The van der Waals surface area contributed by atoms with E-state index in [1.54, 1.807) is 37.3 Å². The lowest BCUT2D eigenvalue weighted by molar-refractivity contribution is -0.124. The molecular weight excluding hydrogens is 608 g/mol. The molecule has 12 nitrogen and oxygen atoms in total. The van der Waals surface area contributed by atoms with Crippen molar-refractivity contribution in [3.8, 4) is 11.9 Å². The lowest BCUT2D eigenvalue weighted by Gasteiger charge is -2.50. The molecule has 3 aliphatic rings. The summed E-state index contributed by atoms with van der Waals surface area (Å²) in [6.45, 7) is 4.44. The van der Waals surface area contributed by atoms with Gasteiger partial charge in [-0.05, 0) is 76.3 Å². The second kappa shape index (κ2) is 12.4. The van der Waals surface area contributed by atoms with Gasteiger partial charge in [0.2, 0.25) is 5.88 Å². The summed E-state index contributed by atoms with van der Waals surface area (Å²) in [5.41, 5.74) is -1.22. The molecule has 2 aromatic carbocycles. The van der Waals surface area contributed by atoms with Gasteiger partial charge in [0.05, 0.1) is 34.9 Å². The van der Waals surface area contributed by atoms with E-state index in [1.807, 2.05) is 0 Å². The fourth-order valence-corrected chi connectivity index (χ4v) is 8.71. The summed E-state index contributed by atoms with van der Waals surface area (Å²) in [6, 6.07) is 16.5. The van der Waals surface area contributed by atoms with Gasteiger partial charge in [-0.15, -0.1) is 0 Å². The smallest absolute Gasteiger partial charge is 0.407 e. The average molecular weight is 645 g/mol. The van der Waals surface area contributed by atoms with E-state index in [1.165, 1.54) is 41.4 Å². The lowest BCUT2D eigenvalue weighted by atomic mass is 9.68. The van der Waals surface area contributed by atoms with Crippen LogP contribution in [-0.4, -0.2) is 104 Å². The largest absolute Gasteiger partial charge is 0.478 e. The molecule has 46 heavy (non-hydrogen) atoms. The Bertz CT molecular complexity index is 1790. The molecule has 240 valence electrons. The van der Waals surface area contributed by atoms with Gasteiger partial charge in [0.1, 0.15) is 5.41 Å². The number of hydrogen-bond donors (Lipinski definition) is 1. The summed E-state index contributed by atoms with van der Waals surface area (Å²) in [6.07, 6.45) is 2.02. The molecule has 0 saturated carbocycles. The number of carbonyl (C=O) groups excluding carboxylic acids is 1. The first kappa shape index (κ1) is 31.5. The number of hydrogen-bond acceptors (Lipinski definition) is 9. The minimum Gasteiger partial charge on any atom is -0.478 e. The van der Waals surface area contributed by atoms with Crippen LogP contribution < -0.4 is 9.04 Å². The van der Waals surface area contributed by atoms with Gasteiger partial charge in [-0.25, -0.2) is 22.5 Å². The van der Waals surface area contributed by atoms with Crippen molar-refractivity contribution in [1.82, 2.24) is 19.7 Å². The maximum Gasteiger partial charge on any atom is 0.407 e. The van der Waals surface area contributed by atoms with Crippen LogP contribution in [0.3, 0.4) is 0 Å². The zero-order chi connectivity index (χ0) is 32.6. The Kier molecular flexibility index (Phi) is 8.45. The highest BCUT2D eigenvalue weighted by Crippen LogP contribution is 2.54. The van der Waals surface area contributed by atoms with E-state index in [-0.39, 0.29) is 58.9 Å². The first-order valence-electron chi connectivity index (χ1n) is 15.3. The van der Waals surface area contributed by atoms with Crippen molar-refractivity contribution in [2.75, 3.05) is 50.7 Å². The third-order valence-electron chi connectivity index (χ3n) is 9.41. The van der Waals surface area contributed by atoms with Crippen LogP contribution in [0.15, 0.2) is 71.8 Å². The number of aromatic nitrogens is 1. The number of fused-ring (bicyclic) bond motifs is 1. The molecule has 4 heterocycles. The van der Waals surface area contributed by atoms with Crippen LogP contribution in [0.25, 0.3) is 0 Å². The van der Waals surface area contributed by atoms with Crippen LogP contribution in [-0.2, 0) is 20.2 Å². The first-order valence-corrected chi connectivity index (χ1v) is 16.8. The maximum absolute atomic E-state index is 15.4. The Balaban J connectivity index is 1.64. The van der Waals surface area contributed by atoms with Gasteiger partial charge in [0.25, 0.3) is 15.9 Å². The molecule has 13 heteroatoms. The molecule has 3 aliphatic heterocycles. The number of benzene rings is 2. The fraction of sp³-hybridized carbons (Fsp3) is 0.394. The quantitative estimate of drug-likeness (QED) is 0.407. The molecule has 6 rings (SSSR count). The third kappa shape index (κ3) is 5.06. The molecule has 2 unspecified atom stereocenters. The van der Waals surface area contributed by atoms with E-state index < -0.39 is 33.5 Å². The molecule has 0 bridgehead atoms. The summed E-state index contributed by atoms with van der Waals surface area (Å²) < 4.78 is 35.5. The standard InChI is InChI=1S/C33H36N6O6S/c1-3-45-30-26(10-7-15-35-30)33(29-22-37(18-19-38(29)32(41)42)24-13-16-36(2)17-14-24)27-20-23(21-34)11-12-28(27)39(31(33)40)46(43,44)25-8-5-4-6-9-25/h4-12,15,20,24,29H,3,13-14,16-19,22H2,1-2H3,(H,41,42). The number of piperidine rings is 1. The number of carboxylic acid groups (broad SMARTS) is 1. The number of ether oxygens (including phenoxy) is 1. The van der Waals surface area contributed by atoms with Gasteiger partial charge in [0.15, 0.2) is 0 Å². The Morgan fingerprint density at radius 2 is 1.80 bits per heavy atom. The molecule has 2 amide bonds. The van der Waals surface area contributed by atoms with Gasteiger partial charge in [-0.3, -0.25) is 9.69 Å². The second-order valence-electron chi connectivity index (χ2n) is 11.8. The maximum atomic E-state index is 15.4. The number of nitrogens with zero attached hydrogens (tertiary/aromatic N) is 6. The molecular formula is C33H36N6O6S. The van der Waals surface area contributed by atoms with Crippen LogP contribution in [0.4, 0.5) is 10.5 Å². The van der Waals surface area contributed by atoms with E-state index in [4.69, 9.17) is 4.74 Å². The zero-order valence-electron chi connectivity index (χ0n) is 25.7. The summed E-state index contributed by atoms with van der Waals surface area (Å²) >= 11 is 0. The minimum absolute atomic E-state index is 0.0564. The zero-order valence-corrected chi connectivity index (χ0v) is 26.6. The first-order chi connectivity index (χ1) is 22.1. The van der Waals surface area contributed by atoms with E-state index >= 15 is 4.79 Å². The summed E-state index contributed by atoms with van der Waals surface area (Å²) in [7, 11) is -2.42. The predicted molar refractivity (Wildman–Crippen MR) is 169 cm³/mol. The SMILES string of the molecule is CCOc1ncccc1C1(C2CN(C3CCN(C)CC3)CCN2C(=O)O)C(=O)N(S(=O)(=O)c2ccccc2)c2ccc(C#N)cc21. The molecule has 3 aromatic rings. The van der Waals surface area contributed by atoms with Crippen molar-refractivity contribution in [2.45, 2.75) is 42.2 Å². The van der Waals surface area contributed by atoms with E-state index in [0.717, 1.165) is 30.2 Å². The number of likely N-dealkylation sites (tertiary alicyclic amines) is 1. The topological polar surface area (TPSA) is 147 Å². The summed E-state index contributed by atoms with van der Waals surface area (Å²) in [5, 5.41) is 20.6. The Labute approximate surface area is 268 Å². The molecule has 1 N–H and O–H groups in total. The van der Waals surface area contributed by atoms with Gasteiger partial charge < -0.3 is 19.6 Å². The van der Waals surface area contributed by atoms with Crippen molar-refractivity contribution in [3.05, 3.63) is 83.6 Å². The number of pyridine rings is 1. The molecule has 0 aliphatic carbocycles. The molecule has 0 radical (unpaired) electrons. The van der Waals surface area contributed by atoms with Crippen LogP contribution in [0.5, 0.6) is 5.88 Å². The number of piperazine rings is 1. The third-order valence-corrected chi connectivity index (χ3v) is 11.1. The Morgan fingerprint density at radius 3 is 2.48 bits per heavy atom. The Morgan fingerprint density at radius 1 is 1.07 bits per heavy atom. The number of amides is 2. The number of sulfonamides is 1. The van der Waals surface area contributed by atoms with E-state index in [2.05, 4.69) is 27.9 Å². The molecule has 0 spiro atoms. The average Bonchev–Trinajstić information content (AvgIpc) is 3.33. The number of rotatable bonds is 7. The van der Waals surface area contributed by atoms with Crippen LogP contribution in [0.1, 0.15) is 36.5 Å². The summed E-state index contributed by atoms with van der Waals surface area (Å²) in [5.74, 6) is -0.760. The van der Waals surface area contributed by atoms with Crippen molar-refractivity contribution < 1.29 is 27.9 Å². The van der Waals surface area contributed by atoms with E-state index in [0.29, 0.717) is 6.54 Å². The molecule has 2 fully saturated rings. The fourth-order valence-electron chi connectivity index (χ4n) is 7.22. The number of carbonyl (C=O) groups is 2. The summed E-state index contributed by atoms with van der Waals surface area (Å²) in [4.78, 5) is 38.5. The molecule has 2 saturated heterocycles. The van der Waals surface area contributed by atoms with Gasteiger partial charge >= 0.3 is 6.09 Å². The Hall–Kier alpha value is -4.51. The highest BCUT2D eigenvalue weighted by molar-refractivity contribution is 7.93. The van der Waals surface area contributed by atoms with Gasteiger partial charge in [0, 0.05) is 43.0 Å². The van der Waals surface area contributed by atoms with Crippen LogP contribution in [0.2, 0.25) is 0 Å². The van der Waals surface area contributed by atoms with Gasteiger partial charge in [-0.2, -0.15) is 5.26 Å². The monoisotopic (exact) mass is 644 g/mol. The molecule has 1 aromatic heterocycles. The normalized spacial score (nSPS) is 22.8. The van der Waals surface area contributed by atoms with Crippen molar-refractivity contribution in [3.63, 3.8) is 0 Å². The number of nitriles is 1. The van der Waals surface area contributed by atoms with Crippen LogP contribution >= 0.6 is 0 Å². The lowest BCUT2D eigenvalue weighted by Crippen LogP contribution is -2.67.